The third-order valence-electron chi connectivity index (χ3n) is 1.27. The molecule has 1 heterocycles. The summed E-state index contributed by atoms with van der Waals surface area (Å²) in [4.78, 5) is 4.04. The Morgan fingerprint density at radius 1 is 1.56 bits per heavy atom. The van der Waals surface area contributed by atoms with Crippen molar-refractivity contribution < 1.29 is 0 Å². The lowest BCUT2D eigenvalue weighted by Gasteiger charge is -1.93. The summed E-state index contributed by atoms with van der Waals surface area (Å²) in [6.45, 7) is 4.21. The molecule has 0 radical (unpaired) electrons. The molecule has 1 heteroatoms. The minimum atomic E-state index is 0.486. The van der Waals surface area contributed by atoms with E-state index in [2.05, 4.69) is 24.9 Å². The maximum Gasteiger partial charge on any atom is 0.0266 e. The topological polar surface area (TPSA) is 12.4 Å². The minimum Gasteiger partial charge on any atom is -0.268 e. The average Bonchev–Trinajstić information content (AvgIpc) is 1.93. The normalized spacial score (nSPS) is 25.6. The van der Waals surface area contributed by atoms with Crippen LogP contribution in [0.2, 0.25) is 0 Å². The van der Waals surface area contributed by atoms with Crippen molar-refractivity contribution in [2.24, 2.45) is 10.9 Å². The predicted octanol–water partition coefficient (Wildman–Crippen LogP) is 2.17. The SMILES string of the molecule is CC1=CC(C)C=NC=C1. The summed E-state index contributed by atoms with van der Waals surface area (Å²) in [5.74, 6) is 0.486. The first kappa shape index (κ1) is 6.27. The summed E-state index contributed by atoms with van der Waals surface area (Å²) in [7, 11) is 0. The Morgan fingerprint density at radius 3 is 3.11 bits per heavy atom. The first-order valence-corrected chi connectivity index (χ1v) is 3.17. The first-order valence-electron chi connectivity index (χ1n) is 3.17. The Kier molecular flexibility index (Phi) is 1.83. The highest BCUT2D eigenvalue weighted by Gasteiger charge is 1.93. The van der Waals surface area contributed by atoms with Gasteiger partial charge in [-0.1, -0.05) is 18.6 Å². The third-order valence-corrected chi connectivity index (χ3v) is 1.27. The van der Waals surface area contributed by atoms with E-state index >= 15 is 0 Å². The van der Waals surface area contributed by atoms with Crippen molar-refractivity contribution in [3.63, 3.8) is 0 Å². The number of nitrogens with zero attached hydrogens (tertiary/aromatic N) is 1. The van der Waals surface area contributed by atoms with E-state index in [1.807, 2.05) is 18.5 Å². The van der Waals surface area contributed by atoms with Crippen LogP contribution in [0.5, 0.6) is 0 Å². The molecule has 0 bridgehead atoms. The van der Waals surface area contributed by atoms with Crippen molar-refractivity contribution in [1.82, 2.24) is 0 Å². The summed E-state index contributed by atoms with van der Waals surface area (Å²) < 4.78 is 0. The molecule has 0 aromatic carbocycles. The Morgan fingerprint density at radius 2 is 2.33 bits per heavy atom. The molecular weight excluding hydrogens is 110 g/mol. The van der Waals surface area contributed by atoms with E-state index in [1.165, 1.54) is 5.57 Å². The fraction of sp³-hybridized carbons (Fsp3) is 0.375. The van der Waals surface area contributed by atoms with E-state index in [1.54, 1.807) is 0 Å². The molecule has 0 N–H and O–H groups in total. The lowest BCUT2D eigenvalue weighted by Crippen LogP contribution is -1.88. The Balaban J connectivity index is 2.77. The van der Waals surface area contributed by atoms with Crippen LogP contribution in [0.3, 0.4) is 0 Å². The van der Waals surface area contributed by atoms with Crippen molar-refractivity contribution in [2.45, 2.75) is 13.8 Å². The predicted molar refractivity (Wildman–Crippen MR) is 40.6 cm³/mol. The fourth-order valence-corrected chi connectivity index (χ4v) is 0.859. The molecule has 0 amide bonds. The molecule has 1 rings (SSSR count). The molecular formula is C8H11N. The largest absolute Gasteiger partial charge is 0.268 e. The molecule has 0 saturated heterocycles. The zero-order valence-corrected chi connectivity index (χ0v) is 5.83. The minimum absolute atomic E-state index is 0.486. The van der Waals surface area contributed by atoms with Gasteiger partial charge in [-0.05, 0) is 13.0 Å². The Labute approximate surface area is 55.8 Å². The Hall–Kier alpha value is -0.850. The number of rotatable bonds is 0. The summed E-state index contributed by atoms with van der Waals surface area (Å²) in [5, 5.41) is 0. The second-order valence-electron chi connectivity index (χ2n) is 2.38. The van der Waals surface area contributed by atoms with Crippen molar-refractivity contribution >= 4 is 6.21 Å². The van der Waals surface area contributed by atoms with Crippen LogP contribution in [0.4, 0.5) is 0 Å². The standard InChI is InChI=1S/C8H11N/c1-7-3-4-9-6-8(2)5-7/h3-6,8H,1-2H3. The van der Waals surface area contributed by atoms with Gasteiger partial charge in [-0.15, -0.1) is 0 Å². The maximum absolute atomic E-state index is 4.04. The highest BCUT2D eigenvalue weighted by Crippen LogP contribution is 2.05. The van der Waals surface area contributed by atoms with Crippen LogP contribution in [-0.4, -0.2) is 6.21 Å². The van der Waals surface area contributed by atoms with Gasteiger partial charge in [0.1, 0.15) is 0 Å². The summed E-state index contributed by atoms with van der Waals surface area (Å²) >= 11 is 0. The van der Waals surface area contributed by atoms with Crippen LogP contribution in [0.15, 0.2) is 28.9 Å². The van der Waals surface area contributed by atoms with Gasteiger partial charge >= 0.3 is 0 Å². The van der Waals surface area contributed by atoms with Gasteiger partial charge in [0.25, 0.3) is 0 Å². The highest BCUT2D eigenvalue weighted by atomic mass is 14.7. The highest BCUT2D eigenvalue weighted by molar-refractivity contribution is 5.64. The van der Waals surface area contributed by atoms with Crippen LogP contribution in [0.25, 0.3) is 0 Å². The number of hydrogen-bond donors (Lipinski definition) is 0. The second-order valence-corrected chi connectivity index (χ2v) is 2.38. The zero-order valence-electron chi connectivity index (χ0n) is 5.83. The molecule has 0 aliphatic carbocycles. The zero-order chi connectivity index (χ0) is 6.69. The van der Waals surface area contributed by atoms with Gasteiger partial charge < -0.3 is 0 Å². The molecule has 1 atom stereocenters. The van der Waals surface area contributed by atoms with E-state index in [0.29, 0.717) is 5.92 Å². The molecule has 0 aromatic rings. The molecule has 0 aromatic heterocycles. The van der Waals surface area contributed by atoms with Crippen LogP contribution in [-0.2, 0) is 0 Å². The van der Waals surface area contributed by atoms with Crippen LogP contribution >= 0.6 is 0 Å². The third kappa shape index (κ3) is 1.84. The molecule has 1 unspecified atom stereocenters. The molecule has 0 spiro atoms. The fourth-order valence-electron chi connectivity index (χ4n) is 0.859. The van der Waals surface area contributed by atoms with Crippen LogP contribution in [0.1, 0.15) is 13.8 Å². The lowest BCUT2D eigenvalue weighted by molar-refractivity contribution is 1.02. The summed E-state index contributed by atoms with van der Waals surface area (Å²) in [6, 6.07) is 0. The van der Waals surface area contributed by atoms with Crippen molar-refractivity contribution in [2.75, 3.05) is 0 Å². The maximum atomic E-state index is 4.04. The van der Waals surface area contributed by atoms with Crippen molar-refractivity contribution in [3.8, 4) is 0 Å². The summed E-state index contributed by atoms with van der Waals surface area (Å²) in [6.07, 6.45) is 7.97. The van der Waals surface area contributed by atoms with Gasteiger partial charge in [0.05, 0.1) is 0 Å². The number of allylic oxidation sites excluding steroid dienone is 3. The number of aliphatic imine (C=N–C) groups is 1. The molecule has 1 aliphatic rings. The van der Waals surface area contributed by atoms with E-state index < -0.39 is 0 Å². The van der Waals surface area contributed by atoms with Gasteiger partial charge in [0.2, 0.25) is 0 Å². The molecule has 9 heavy (non-hydrogen) atoms. The Bertz CT molecular complexity index is 175. The van der Waals surface area contributed by atoms with E-state index in [-0.39, 0.29) is 0 Å². The summed E-state index contributed by atoms with van der Waals surface area (Å²) in [5.41, 5.74) is 1.29. The van der Waals surface area contributed by atoms with E-state index in [4.69, 9.17) is 0 Å². The lowest BCUT2D eigenvalue weighted by atomic mass is 10.1. The van der Waals surface area contributed by atoms with E-state index in [0.717, 1.165) is 0 Å². The van der Waals surface area contributed by atoms with Crippen molar-refractivity contribution in [3.05, 3.63) is 23.9 Å². The second kappa shape index (κ2) is 2.62. The number of hydrogen-bond acceptors (Lipinski definition) is 1. The molecule has 48 valence electrons. The monoisotopic (exact) mass is 121 g/mol. The quantitative estimate of drug-likeness (QED) is 0.465. The van der Waals surface area contributed by atoms with Crippen LogP contribution in [0, 0.1) is 5.92 Å². The van der Waals surface area contributed by atoms with Crippen LogP contribution < -0.4 is 0 Å². The average molecular weight is 121 g/mol. The smallest absolute Gasteiger partial charge is 0.0266 e. The molecule has 1 nitrogen and oxygen atoms in total. The van der Waals surface area contributed by atoms with E-state index in [9.17, 15) is 0 Å². The molecule has 0 saturated carbocycles. The van der Waals surface area contributed by atoms with Crippen molar-refractivity contribution in [1.29, 1.82) is 0 Å². The van der Waals surface area contributed by atoms with Gasteiger partial charge in [0, 0.05) is 18.3 Å². The van der Waals surface area contributed by atoms with Gasteiger partial charge in [0.15, 0.2) is 0 Å². The van der Waals surface area contributed by atoms with Gasteiger partial charge in [-0.25, -0.2) is 0 Å². The van der Waals surface area contributed by atoms with Gasteiger partial charge in [-0.3, -0.25) is 4.99 Å². The molecule has 0 fully saturated rings. The van der Waals surface area contributed by atoms with Gasteiger partial charge in [-0.2, -0.15) is 0 Å². The first-order chi connectivity index (χ1) is 4.29. The molecule has 1 aliphatic heterocycles.